The van der Waals surface area contributed by atoms with Crippen molar-refractivity contribution < 1.29 is 13.2 Å². The standard InChI is InChI=1S/C27H24F3N3S/c1-18-2-6-22(7-3-18)26(34)32-24-14-15-33(17-24)25(20-8-4-19(16-31)5-9-20)21-10-12-23(13-11-21)27(28,29)30/h2-13,24-25H,14-15,17H2,1H3,(H,32,34)/t24?,25-/m1/s1. The molecule has 1 saturated heterocycles. The number of hydrogen-bond acceptors (Lipinski definition) is 3. The van der Waals surface area contributed by atoms with Gasteiger partial charge in [0.15, 0.2) is 0 Å². The Morgan fingerprint density at radius 3 is 2.15 bits per heavy atom. The Morgan fingerprint density at radius 1 is 1.00 bits per heavy atom. The Bertz CT molecular complexity index is 1180. The number of halogens is 3. The highest BCUT2D eigenvalue weighted by molar-refractivity contribution is 7.80. The number of alkyl halides is 3. The Hall–Kier alpha value is -3.21. The van der Waals surface area contributed by atoms with Gasteiger partial charge in [0.2, 0.25) is 0 Å². The summed E-state index contributed by atoms with van der Waals surface area (Å²) < 4.78 is 39.3. The van der Waals surface area contributed by atoms with Gasteiger partial charge in [-0.25, -0.2) is 0 Å². The van der Waals surface area contributed by atoms with Gasteiger partial charge >= 0.3 is 6.18 Å². The summed E-state index contributed by atoms with van der Waals surface area (Å²) in [4.78, 5) is 2.94. The molecule has 2 atom stereocenters. The zero-order chi connectivity index (χ0) is 24.3. The fourth-order valence-electron chi connectivity index (χ4n) is 4.32. The van der Waals surface area contributed by atoms with E-state index in [1.54, 1.807) is 24.3 Å². The van der Waals surface area contributed by atoms with Crippen molar-refractivity contribution in [3.63, 3.8) is 0 Å². The zero-order valence-electron chi connectivity index (χ0n) is 18.6. The maximum atomic E-state index is 13.1. The molecule has 1 aliphatic rings. The summed E-state index contributed by atoms with van der Waals surface area (Å²) >= 11 is 5.60. The molecule has 174 valence electrons. The number of rotatable bonds is 5. The summed E-state index contributed by atoms with van der Waals surface area (Å²) in [5, 5.41) is 12.6. The van der Waals surface area contributed by atoms with E-state index in [1.165, 1.54) is 5.56 Å². The highest BCUT2D eigenvalue weighted by Crippen LogP contribution is 2.35. The third kappa shape index (κ3) is 5.46. The predicted molar refractivity (Wildman–Crippen MR) is 130 cm³/mol. The van der Waals surface area contributed by atoms with E-state index >= 15 is 0 Å². The second-order valence-electron chi connectivity index (χ2n) is 8.58. The van der Waals surface area contributed by atoms with Gasteiger partial charge in [-0.2, -0.15) is 18.4 Å². The van der Waals surface area contributed by atoms with E-state index in [1.807, 2.05) is 43.3 Å². The fraction of sp³-hybridized carbons (Fsp3) is 0.259. The van der Waals surface area contributed by atoms with Gasteiger partial charge in [0.25, 0.3) is 0 Å². The van der Waals surface area contributed by atoms with Crippen LogP contribution < -0.4 is 5.32 Å². The molecule has 3 aromatic carbocycles. The largest absolute Gasteiger partial charge is 0.416 e. The summed E-state index contributed by atoms with van der Waals surface area (Å²) in [6, 6.07) is 22.6. The molecule has 1 heterocycles. The van der Waals surface area contributed by atoms with E-state index in [0.29, 0.717) is 17.1 Å². The van der Waals surface area contributed by atoms with Crippen LogP contribution in [0.1, 0.15) is 45.8 Å². The van der Waals surface area contributed by atoms with E-state index in [-0.39, 0.29) is 12.1 Å². The van der Waals surface area contributed by atoms with Crippen LogP contribution in [-0.2, 0) is 6.18 Å². The molecular weight excluding hydrogens is 455 g/mol. The molecule has 0 amide bonds. The van der Waals surface area contributed by atoms with Gasteiger partial charge in [0, 0.05) is 24.7 Å². The third-order valence-electron chi connectivity index (χ3n) is 6.14. The quantitative estimate of drug-likeness (QED) is 0.455. The molecule has 4 rings (SSSR count). The van der Waals surface area contributed by atoms with Crippen LogP contribution in [0.4, 0.5) is 13.2 Å². The molecule has 1 aliphatic heterocycles. The van der Waals surface area contributed by atoms with E-state index in [2.05, 4.69) is 16.3 Å². The lowest BCUT2D eigenvalue weighted by molar-refractivity contribution is -0.137. The van der Waals surface area contributed by atoms with Crippen molar-refractivity contribution in [2.75, 3.05) is 13.1 Å². The summed E-state index contributed by atoms with van der Waals surface area (Å²) in [6.45, 7) is 3.48. The number of nitrogens with zero attached hydrogens (tertiary/aromatic N) is 2. The van der Waals surface area contributed by atoms with Gasteiger partial charge in [-0.3, -0.25) is 4.90 Å². The van der Waals surface area contributed by atoms with Crippen molar-refractivity contribution in [3.8, 4) is 6.07 Å². The van der Waals surface area contributed by atoms with Crippen LogP contribution in [0.2, 0.25) is 0 Å². The highest BCUT2D eigenvalue weighted by atomic mass is 32.1. The molecule has 7 heteroatoms. The Balaban J connectivity index is 1.56. The molecule has 0 saturated carbocycles. The first-order chi connectivity index (χ1) is 16.2. The molecular formula is C27H24F3N3S. The van der Waals surface area contributed by atoms with Gasteiger partial charge in [-0.15, -0.1) is 0 Å². The van der Waals surface area contributed by atoms with Crippen molar-refractivity contribution in [1.82, 2.24) is 10.2 Å². The maximum Gasteiger partial charge on any atom is 0.416 e. The van der Waals surface area contributed by atoms with Crippen LogP contribution in [0, 0.1) is 18.3 Å². The van der Waals surface area contributed by atoms with Crippen molar-refractivity contribution in [2.45, 2.75) is 31.6 Å². The molecule has 1 unspecified atom stereocenters. The molecule has 34 heavy (non-hydrogen) atoms. The molecule has 0 aliphatic carbocycles. The van der Waals surface area contributed by atoms with Crippen LogP contribution in [-0.4, -0.2) is 29.0 Å². The molecule has 0 radical (unpaired) electrons. The molecule has 0 aromatic heterocycles. The topological polar surface area (TPSA) is 39.1 Å². The molecule has 3 aromatic rings. The fourth-order valence-corrected chi connectivity index (χ4v) is 4.62. The summed E-state index contributed by atoms with van der Waals surface area (Å²) in [6.07, 6.45) is -3.52. The van der Waals surface area contributed by atoms with Crippen LogP contribution in [0.5, 0.6) is 0 Å². The second-order valence-corrected chi connectivity index (χ2v) is 8.98. The number of thiocarbonyl (C=S) groups is 1. The number of nitrogens with one attached hydrogen (secondary N) is 1. The number of likely N-dealkylation sites (tertiary alicyclic amines) is 1. The van der Waals surface area contributed by atoms with Crippen molar-refractivity contribution in [1.29, 1.82) is 5.26 Å². The number of aryl methyl sites for hydroxylation is 1. The molecule has 0 spiro atoms. The zero-order valence-corrected chi connectivity index (χ0v) is 19.5. The van der Waals surface area contributed by atoms with Crippen LogP contribution in [0.3, 0.4) is 0 Å². The minimum absolute atomic E-state index is 0.129. The van der Waals surface area contributed by atoms with Crippen LogP contribution in [0.25, 0.3) is 0 Å². The van der Waals surface area contributed by atoms with Crippen LogP contribution >= 0.6 is 12.2 Å². The van der Waals surface area contributed by atoms with Gasteiger partial charge in [-0.05, 0) is 48.7 Å². The average molecular weight is 480 g/mol. The van der Waals surface area contributed by atoms with E-state index < -0.39 is 11.7 Å². The number of nitriles is 1. The van der Waals surface area contributed by atoms with Gasteiger partial charge in [0.05, 0.1) is 23.2 Å². The maximum absolute atomic E-state index is 13.1. The van der Waals surface area contributed by atoms with Gasteiger partial charge < -0.3 is 5.32 Å². The lowest BCUT2D eigenvalue weighted by Crippen LogP contribution is -2.37. The Morgan fingerprint density at radius 2 is 1.59 bits per heavy atom. The van der Waals surface area contributed by atoms with E-state index in [0.717, 1.165) is 41.8 Å². The summed E-state index contributed by atoms with van der Waals surface area (Å²) in [5.41, 5.74) is 3.71. The Kier molecular flexibility index (Phi) is 7.01. The van der Waals surface area contributed by atoms with Gasteiger partial charge in [-0.1, -0.05) is 66.3 Å². The van der Waals surface area contributed by atoms with E-state index in [9.17, 15) is 13.2 Å². The minimum atomic E-state index is -4.38. The van der Waals surface area contributed by atoms with Crippen LogP contribution in [0.15, 0.2) is 72.8 Å². The van der Waals surface area contributed by atoms with Crippen molar-refractivity contribution >= 4 is 17.2 Å². The first kappa shape index (κ1) is 23.9. The summed E-state index contributed by atoms with van der Waals surface area (Å²) in [7, 11) is 0. The first-order valence-corrected chi connectivity index (χ1v) is 11.4. The number of hydrogen-bond donors (Lipinski definition) is 1. The lowest BCUT2D eigenvalue weighted by Gasteiger charge is -2.29. The lowest BCUT2D eigenvalue weighted by atomic mass is 9.95. The highest BCUT2D eigenvalue weighted by Gasteiger charge is 2.33. The molecule has 0 bridgehead atoms. The van der Waals surface area contributed by atoms with Crippen molar-refractivity contribution in [3.05, 3.63) is 106 Å². The molecule has 1 N–H and O–H groups in total. The monoisotopic (exact) mass is 479 g/mol. The first-order valence-electron chi connectivity index (χ1n) is 11.0. The summed E-state index contributed by atoms with van der Waals surface area (Å²) in [5.74, 6) is 0. The normalized spacial score (nSPS) is 17.2. The minimum Gasteiger partial charge on any atom is -0.372 e. The van der Waals surface area contributed by atoms with Gasteiger partial charge in [0.1, 0.15) is 4.99 Å². The molecule has 3 nitrogen and oxygen atoms in total. The second kappa shape index (κ2) is 9.96. The van der Waals surface area contributed by atoms with E-state index in [4.69, 9.17) is 17.5 Å². The average Bonchev–Trinajstić information content (AvgIpc) is 3.27. The van der Waals surface area contributed by atoms with Crippen molar-refractivity contribution in [2.24, 2.45) is 0 Å². The predicted octanol–water partition coefficient (Wildman–Crippen LogP) is 6.01. The smallest absolute Gasteiger partial charge is 0.372 e. The third-order valence-corrected chi connectivity index (χ3v) is 6.50. The molecule has 1 fully saturated rings. The number of benzene rings is 3. The Labute approximate surface area is 202 Å². The SMILES string of the molecule is Cc1ccc(C(=S)NC2CCN([C@H](c3ccc(C#N)cc3)c3ccc(C(F)(F)F)cc3)C2)cc1.